The summed E-state index contributed by atoms with van der Waals surface area (Å²) in [5, 5.41) is 9.96. The number of halogens is 4. The molecule has 27 heavy (non-hydrogen) atoms. The lowest BCUT2D eigenvalue weighted by molar-refractivity contribution is 0.479. The molecule has 0 aliphatic heterocycles. The van der Waals surface area contributed by atoms with E-state index in [2.05, 4.69) is 83.6 Å². The van der Waals surface area contributed by atoms with Crippen molar-refractivity contribution in [1.29, 1.82) is 5.26 Å². The Hall–Kier alpha value is -0.350. The van der Waals surface area contributed by atoms with Gasteiger partial charge >= 0.3 is 0 Å². The zero-order valence-electron chi connectivity index (χ0n) is 14.9. The van der Waals surface area contributed by atoms with Crippen LogP contribution in [0.3, 0.4) is 0 Å². The zero-order chi connectivity index (χ0) is 19.8. The van der Waals surface area contributed by atoms with Gasteiger partial charge in [-0.15, -0.1) is 0 Å². The summed E-state index contributed by atoms with van der Waals surface area (Å²) in [6.45, 7) is 4.45. The lowest BCUT2D eigenvalue weighted by Gasteiger charge is -2.21. The highest BCUT2D eigenvalue weighted by Crippen LogP contribution is 2.69. The molecule has 0 amide bonds. The van der Waals surface area contributed by atoms with E-state index in [1.54, 1.807) is 0 Å². The Morgan fingerprint density at radius 2 is 1.63 bits per heavy atom. The number of ether oxygens (including phenoxy) is 1. The van der Waals surface area contributed by atoms with Crippen molar-refractivity contribution in [2.45, 2.75) is 26.7 Å². The van der Waals surface area contributed by atoms with Crippen LogP contribution in [0.25, 0.3) is 0 Å². The second-order valence-electron chi connectivity index (χ2n) is 7.41. The lowest BCUT2D eigenvalue weighted by Crippen LogP contribution is -2.22. The number of nitrogens with zero attached hydrogens (tertiary/aromatic N) is 1. The minimum Gasteiger partial charge on any atom is -0.457 e. The summed E-state index contributed by atoms with van der Waals surface area (Å²) in [4.78, 5) is 0.129. The maximum absolute atomic E-state index is 9.96. The average molecular weight is 621 g/mol. The Kier molecular flexibility index (Phi) is 6.47. The fourth-order valence-electron chi connectivity index (χ4n) is 3.88. The molecule has 2 nitrogen and oxygen atoms in total. The number of nitriles is 1. The van der Waals surface area contributed by atoms with E-state index in [9.17, 15) is 5.26 Å². The summed E-state index contributed by atoms with van der Waals surface area (Å²) in [7, 11) is 0. The number of rotatable bonds is 5. The fraction of sp³-hybridized carbons (Fsp3) is 0.381. The Balaban J connectivity index is 1.85. The molecule has 0 bridgehead atoms. The van der Waals surface area contributed by atoms with Crippen molar-refractivity contribution in [2.75, 3.05) is 0 Å². The van der Waals surface area contributed by atoms with Gasteiger partial charge in [-0.05, 0) is 47.1 Å². The molecule has 3 rings (SSSR count). The molecule has 2 aromatic rings. The van der Waals surface area contributed by atoms with Crippen LogP contribution < -0.4 is 4.74 Å². The Bertz CT molecular complexity index is 841. The molecular weight excluding hydrogens is 602 g/mol. The Morgan fingerprint density at radius 1 is 1.00 bits per heavy atom. The van der Waals surface area contributed by atoms with E-state index in [1.165, 1.54) is 0 Å². The van der Waals surface area contributed by atoms with Crippen molar-refractivity contribution >= 4 is 63.7 Å². The van der Waals surface area contributed by atoms with Gasteiger partial charge in [0, 0.05) is 0 Å². The van der Waals surface area contributed by atoms with E-state index in [-0.39, 0.29) is 22.1 Å². The van der Waals surface area contributed by atoms with Gasteiger partial charge in [-0.2, -0.15) is 5.26 Å². The third kappa shape index (κ3) is 4.63. The highest BCUT2D eigenvalue weighted by Gasteiger charge is 2.66. The molecule has 142 valence electrons. The molecule has 0 N–H and O–H groups in total. The summed E-state index contributed by atoms with van der Waals surface area (Å²) in [5.41, 5.74) is 1.04. The summed E-state index contributed by atoms with van der Waals surface area (Å²) in [6.07, 6.45) is 0. The molecule has 0 heterocycles. The van der Waals surface area contributed by atoms with Gasteiger partial charge < -0.3 is 4.74 Å². The fourth-order valence-corrected chi connectivity index (χ4v) is 5.74. The van der Waals surface area contributed by atoms with Crippen LogP contribution in [-0.4, -0.2) is 6.97 Å². The molecule has 1 saturated carbocycles. The predicted molar refractivity (Wildman–Crippen MR) is 124 cm³/mol. The predicted octanol–water partition coefficient (Wildman–Crippen LogP) is 7.96. The highest BCUT2D eigenvalue weighted by molar-refractivity contribution is 9.40. The maximum atomic E-state index is 9.96. The molecule has 1 fully saturated rings. The van der Waals surface area contributed by atoms with Crippen molar-refractivity contribution in [1.82, 2.24) is 0 Å². The molecule has 0 spiro atoms. The van der Waals surface area contributed by atoms with E-state index < -0.39 is 2.14 Å². The van der Waals surface area contributed by atoms with Crippen molar-refractivity contribution < 1.29 is 4.74 Å². The van der Waals surface area contributed by atoms with E-state index >= 15 is 0 Å². The summed E-state index contributed by atoms with van der Waals surface area (Å²) in [5.74, 6) is 1.92. The molecule has 0 radical (unpaired) electrons. The normalized spacial score (nSPS) is 23.1. The molecule has 4 atom stereocenters. The highest BCUT2D eigenvalue weighted by atomic mass is 80.0. The second-order valence-corrected chi connectivity index (χ2v) is 15.3. The van der Waals surface area contributed by atoms with Gasteiger partial charge in [0.15, 0.2) is 0 Å². The number of benzene rings is 2. The molecule has 1 aliphatic rings. The van der Waals surface area contributed by atoms with Crippen LogP contribution >= 0.6 is 63.7 Å². The van der Waals surface area contributed by atoms with Gasteiger partial charge in [-0.25, -0.2) is 0 Å². The molecule has 1 aliphatic carbocycles. The molecule has 0 saturated heterocycles. The minimum absolute atomic E-state index is 0.0470. The maximum Gasteiger partial charge on any atom is 0.147 e. The van der Waals surface area contributed by atoms with Gasteiger partial charge in [0.25, 0.3) is 0 Å². The van der Waals surface area contributed by atoms with E-state index in [4.69, 9.17) is 4.74 Å². The monoisotopic (exact) mass is 617 g/mol. The Labute approximate surface area is 194 Å². The van der Waals surface area contributed by atoms with Crippen LogP contribution in [0.1, 0.15) is 25.3 Å². The first-order chi connectivity index (χ1) is 12.7. The third-order valence-corrected chi connectivity index (χ3v) is 9.90. The van der Waals surface area contributed by atoms with Crippen LogP contribution in [0.4, 0.5) is 0 Å². The van der Waals surface area contributed by atoms with Crippen LogP contribution in [0, 0.1) is 28.6 Å². The first-order valence-electron chi connectivity index (χ1n) is 8.59. The number of hydrogen-bond donors (Lipinski definition) is 0. The van der Waals surface area contributed by atoms with Gasteiger partial charge in [0.2, 0.25) is 0 Å². The number of alkyl halides is 4. The molecule has 2 aromatic carbocycles. The van der Waals surface area contributed by atoms with Gasteiger partial charge in [-0.3, -0.25) is 0 Å². The smallest absolute Gasteiger partial charge is 0.147 e. The van der Waals surface area contributed by atoms with Gasteiger partial charge in [-0.1, -0.05) is 108 Å². The van der Waals surface area contributed by atoms with Crippen molar-refractivity contribution in [3.63, 3.8) is 0 Å². The van der Waals surface area contributed by atoms with E-state index in [1.807, 2.05) is 54.6 Å². The molecule has 4 unspecified atom stereocenters. The first-order valence-corrected chi connectivity index (χ1v) is 11.9. The topological polar surface area (TPSA) is 33.0 Å². The van der Waals surface area contributed by atoms with Crippen LogP contribution in [0.2, 0.25) is 0 Å². The number of para-hydroxylation sites is 1. The SMILES string of the molecule is CC1(C)C(C(C#N)c2cccc(Oc3ccccc3)c2)C1C(Br)C(Br)(Br)Br. The van der Waals surface area contributed by atoms with Crippen LogP contribution in [0.5, 0.6) is 11.5 Å². The summed E-state index contributed by atoms with van der Waals surface area (Å²) < 4.78 is 5.55. The van der Waals surface area contributed by atoms with Crippen molar-refractivity contribution in [3.8, 4) is 17.6 Å². The van der Waals surface area contributed by atoms with Crippen LogP contribution in [0.15, 0.2) is 54.6 Å². The average Bonchev–Trinajstić information content (AvgIpc) is 3.17. The minimum atomic E-state index is -0.401. The zero-order valence-corrected chi connectivity index (χ0v) is 21.2. The standard InChI is InChI=1S/C21H19Br4NO/c1-20(2)17(18(20)19(22)21(23,24)25)16(12-26)13-7-6-10-15(11-13)27-14-8-4-3-5-9-14/h3-11,16-19H,1-2H3. The van der Waals surface area contributed by atoms with Crippen molar-refractivity contribution in [3.05, 3.63) is 60.2 Å². The molecular formula is C21H19Br4NO. The summed E-state index contributed by atoms with van der Waals surface area (Å²) in [6, 6.07) is 20.1. The second kappa shape index (κ2) is 8.18. The third-order valence-electron chi connectivity index (χ3n) is 5.32. The number of hydrogen-bond acceptors (Lipinski definition) is 2. The molecule has 6 heteroatoms. The van der Waals surface area contributed by atoms with Gasteiger partial charge in [0.05, 0.1) is 16.8 Å². The largest absolute Gasteiger partial charge is 0.457 e. The van der Waals surface area contributed by atoms with Crippen LogP contribution in [-0.2, 0) is 0 Å². The Morgan fingerprint density at radius 3 is 2.22 bits per heavy atom. The van der Waals surface area contributed by atoms with Gasteiger partial charge in [0.1, 0.15) is 13.6 Å². The van der Waals surface area contributed by atoms with E-state index in [0.717, 1.165) is 17.1 Å². The van der Waals surface area contributed by atoms with Crippen molar-refractivity contribution in [2.24, 2.45) is 17.3 Å². The lowest BCUT2D eigenvalue weighted by atomic mass is 9.91. The summed E-state index contributed by atoms with van der Waals surface area (Å²) >= 11 is 14.7. The first kappa shape index (κ1) is 21.4. The quantitative estimate of drug-likeness (QED) is 0.318. The molecule has 0 aromatic heterocycles. The van der Waals surface area contributed by atoms with E-state index in [0.29, 0.717) is 5.92 Å².